The van der Waals surface area contributed by atoms with Crippen LogP contribution >= 0.6 is 11.3 Å². The molecule has 0 saturated carbocycles. The monoisotopic (exact) mass is 247 g/mol. The highest BCUT2D eigenvalue weighted by Gasteiger charge is 2.05. The zero-order valence-corrected chi connectivity index (χ0v) is 10.0. The van der Waals surface area contributed by atoms with Gasteiger partial charge in [-0.2, -0.15) is 0 Å². The molecule has 0 atom stereocenters. The number of rotatable bonds is 5. The second-order valence-corrected chi connectivity index (χ2v) is 4.69. The van der Waals surface area contributed by atoms with Gasteiger partial charge in [0, 0.05) is 23.3 Å². The van der Waals surface area contributed by atoms with E-state index in [-0.39, 0.29) is 0 Å². The van der Waals surface area contributed by atoms with Gasteiger partial charge in [0.05, 0.1) is 5.56 Å². The van der Waals surface area contributed by atoms with E-state index in [1.165, 1.54) is 16.9 Å². The summed E-state index contributed by atoms with van der Waals surface area (Å²) < 4.78 is 0. The van der Waals surface area contributed by atoms with Crippen molar-refractivity contribution in [3.8, 4) is 0 Å². The Labute approximate surface area is 104 Å². The van der Waals surface area contributed by atoms with Gasteiger partial charge in [0.1, 0.15) is 0 Å². The summed E-state index contributed by atoms with van der Waals surface area (Å²) in [5.74, 6) is -0.865. The van der Waals surface area contributed by atoms with E-state index in [0.29, 0.717) is 12.1 Å². The first-order valence-electron chi connectivity index (χ1n) is 5.31. The fourth-order valence-corrected chi connectivity index (χ4v) is 2.34. The zero-order valence-electron chi connectivity index (χ0n) is 9.22. The van der Waals surface area contributed by atoms with Gasteiger partial charge < -0.3 is 10.4 Å². The van der Waals surface area contributed by atoms with Crippen LogP contribution in [0.1, 0.15) is 20.8 Å². The van der Waals surface area contributed by atoms with Crippen LogP contribution in [0, 0.1) is 0 Å². The standard InChI is InChI=1S/C13H13NO2S/c15-13(16)11-6-12(17-9-11)8-14-7-10-4-2-1-3-5-10/h1-6,9,14H,7-8H2,(H,15,16). The second-order valence-electron chi connectivity index (χ2n) is 3.70. The molecular formula is C13H13NO2S. The molecular weight excluding hydrogens is 234 g/mol. The van der Waals surface area contributed by atoms with Crippen LogP contribution in [0.25, 0.3) is 0 Å². The summed E-state index contributed by atoms with van der Waals surface area (Å²) in [5.41, 5.74) is 1.59. The lowest BCUT2D eigenvalue weighted by molar-refractivity contribution is 0.0697. The second kappa shape index (κ2) is 5.61. The van der Waals surface area contributed by atoms with Gasteiger partial charge in [-0.25, -0.2) is 4.79 Å². The Kier molecular flexibility index (Phi) is 3.90. The van der Waals surface area contributed by atoms with Crippen LogP contribution in [0.2, 0.25) is 0 Å². The molecule has 0 amide bonds. The van der Waals surface area contributed by atoms with Crippen LogP contribution in [0.15, 0.2) is 41.8 Å². The Bertz CT molecular complexity index is 493. The predicted molar refractivity (Wildman–Crippen MR) is 68.3 cm³/mol. The molecule has 0 spiro atoms. The molecule has 17 heavy (non-hydrogen) atoms. The first-order chi connectivity index (χ1) is 8.25. The molecule has 0 radical (unpaired) electrons. The van der Waals surface area contributed by atoms with Gasteiger partial charge in [-0.1, -0.05) is 30.3 Å². The highest BCUT2D eigenvalue weighted by Crippen LogP contribution is 2.14. The molecule has 0 saturated heterocycles. The van der Waals surface area contributed by atoms with E-state index in [9.17, 15) is 4.79 Å². The van der Waals surface area contributed by atoms with Crippen LogP contribution in [0.5, 0.6) is 0 Å². The molecule has 0 aliphatic heterocycles. The summed E-state index contributed by atoms with van der Waals surface area (Å²) in [7, 11) is 0. The number of hydrogen-bond donors (Lipinski definition) is 2. The SMILES string of the molecule is O=C(O)c1csc(CNCc2ccccc2)c1. The maximum atomic E-state index is 10.7. The molecule has 4 heteroatoms. The number of aromatic carboxylic acids is 1. The smallest absolute Gasteiger partial charge is 0.336 e. The average molecular weight is 247 g/mol. The Hall–Kier alpha value is -1.65. The van der Waals surface area contributed by atoms with Crippen molar-refractivity contribution in [3.05, 3.63) is 57.8 Å². The molecule has 88 valence electrons. The fourth-order valence-electron chi connectivity index (χ4n) is 1.51. The minimum Gasteiger partial charge on any atom is -0.478 e. The Morgan fingerprint density at radius 3 is 2.65 bits per heavy atom. The van der Waals surface area contributed by atoms with Gasteiger partial charge in [0.15, 0.2) is 0 Å². The molecule has 2 N–H and O–H groups in total. The van der Waals surface area contributed by atoms with Crippen molar-refractivity contribution in [1.29, 1.82) is 0 Å². The van der Waals surface area contributed by atoms with E-state index in [4.69, 9.17) is 5.11 Å². The third kappa shape index (κ3) is 3.41. The van der Waals surface area contributed by atoms with E-state index in [1.54, 1.807) is 11.4 Å². The number of carboxylic acids is 1. The van der Waals surface area contributed by atoms with Crippen molar-refractivity contribution in [2.24, 2.45) is 0 Å². The molecule has 0 aliphatic rings. The fraction of sp³-hybridized carbons (Fsp3) is 0.154. The molecule has 1 aromatic heterocycles. The summed E-state index contributed by atoms with van der Waals surface area (Å²) in [4.78, 5) is 11.7. The number of carboxylic acid groups (broad SMARTS) is 1. The van der Waals surface area contributed by atoms with Crippen molar-refractivity contribution in [2.75, 3.05) is 0 Å². The van der Waals surface area contributed by atoms with Gasteiger partial charge in [-0.15, -0.1) is 11.3 Å². The van der Waals surface area contributed by atoms with Crippen molar-refractivity contribution in [1.82, 2.24) is 5.32 Å². The van der Waals surface area contributed by atoms with Crippen molar-refractivity contribution < 1.29 is 9.90 Å². The zero-order chi connectivity index (χ0) is 12.1. The Balaban J connectivity index is 1.84. The third-order valence-corrected chi connectivity index (χ3v) is 3.31. The number of hydrogen-bond acceptors (Lipinski definition) is 3. The molecule has 0 fully saturated rings. The molecule has 2 aromatic rings. The van der Waals surface area contributed by atoms with Crippen LogP contribution < -0.4 is 5.32 Å². The lowest BCUT2D eigenvalue weighted by atomic mass is 10.2. The minimum atomic E-state index is -0.865. The molecule has 2 rings (SSSR count). The van der Waals surface area contributed by atoms with E-state index in [0.717, 1.165) is 11.4 Å². The van der Waals surface area contributed by atoms with Crippen molar-refractivity contribution in [2.45, 2.75) is 13.1 Å². The summed E-state index contributed by atoms with van der Waals surface area (Å²) >= 11 is 1.47. The highest BCUT2D eigenvalue weighted by molar-refractivity contribution is 7.10. The van der Waals surface area contributed by atoms with Gasteiger partial charge >= 0.3 is 5.97 Å². The van der Waals surface area contributed by atoms with Gasteiger partial charge in [-0.3, -0.25) is 0 Å². The lowest BCUT2D eigenvalue weighted by Gasteiger charge is -2.02. The number of benzene rings is 1. The maximum Gasteiger partial charge on any atom is 0.336 e. The number of nitrogens with one attached hydrogen (secondary N) is 1. The minimum absolute atomic E-state index is 0.367. The summed E-state index contributed by atoms with van der Waals surface area (Å²) in [6, 6.07) is 11.8. The predicted octanol–water partition coefficient (Wildman–Crippen LogP) is 2.74. The molecule has 0 unspecified atom stereocenters. The molecule has 0 aliphatic carbocycles. The van der Waals surface area contributed by atoms with Gasteiger partial charge in [0.25, 0.3) is 0 Å². The maximum absolute atomic E-state index is 10.7. The third-order valence-electron chi connectivity index (χ3n) is 2.37. The Morgan fingerprint density at radius 2 is 2.00 bits per heavy atom. The number of carbonyl (C=O) groups is 1. The van der Waals surface area contributed by atoms with Gasteiger partial charge in [-0.05, 0) is 11.6 Å². The van der Waals surface area contributed by atoms with E-state index in [2.05, 4.69) is 17.4 Å². The van der Waals surface area contributed by atoms with E-state index in [1.807, 2.05) is 18.2 Å². The van der Waals surface area contributed by atoms with Crippen LogP contribution in [0.4, 0.5) is 0 Å². The first-order valence-corrected chi connectivity index (χ1v) is 6.19. The van der Waals surface area contributed by atoms with Crippen LogP contribution in [-0.2, 0) is 13.1 Å². The normalized spacial score (nSPS) is 10.4. The highest BCUT2D eigenvalue weighted by atomic mass is 32.1. The first kappa shape index (κ1) is 11.8. The van der Waals surface area contributed by atoms with E-state index < -0.39 is 5.97 Å². The molecule has 1 heterocycles. The molecule has 3 nitrogen and oxygen atoms in total. The number of thiophene rings is 1. The van der Waals surface area contributed by atoms with Crippen molar-refractivity contribution >= 4 is 17.3 Å². The molecule has 0 bridgehead atoms. The topological polar surface area (TPSA) is 49.3 Å². The van der Waals surface area contributed by atoms with Crippen molar-refractivity contribution in [3.63, 3.8) is 0 Å². The summed E-state index contributed by atoms with van der Waals surface area (Å²) in [6.07, 6.45) is 0. The molecule has 1 aromatic carbocycles. The summed E-state index contributed by atoms with van der Waals surface area (Å²) in [6.45, 7) is 1.49. The largest absolute Gasteiger partial charge is 0.478 e. The van der Waals surface area contributed by atoms with E-state index >= 15 is 0 Å². The average Bonchev–Trinajstić information content (AvgIpc) is 2.79. The van der Waals surface area contributed by atoms with Crippen LogP contribution in [-0.4, -0.2) is 11.1 Å². The van der Waals surface area contributed by atoms with Gasteiger partial charge in [0.2, 0.25) is 0 Å². The summed E-state index contributed by atoms with van der Waals surface area (Å²) in [5, 5.41) is 13.7. The van der Waals surface area contributed by atoms with Crippen LogP contribution in [0.3, 0.4) is 0 Å². The quantitative estimate of drug-likeness (QED) is 0.854. The lowest BCUT2D eigenvalue weighted by Crippen LogP contribution is -2.11. The Morgan fingerprint density at radius 1 is 1.24 bits per heavy atom.